The summed E-state index contributed by atoms with van der Waals surface area (Å²) in [4.78, 5) is 20.1. The normalized spacial score (nSPS) is 19.9. The summed E-state index contributed by atoms with van der Waals surface area (Å²) in [5.74, 6) is 0.363. The lowest BCUT2D eigenvalue weighted by Gasteiger charge is -2.32. The lowest BCUT2D eigenvalue weighted by Crippen LogP contribution is -2.44. The van der Waals surface area contributed by atoms with E-state index in [4.69, 9.17) is 5.73 Å². The third-order valence-electron chi connectivity index (χ3n) is 3.28. The molecule has 3 N–H and O–H groups in total. The smallest absolute Gasteiger partial charge is 0.313 e. The number of nitrogens with two attached hydrogens (primary N) is 1. The monoisotopic (exact) mass is 279 g/mol. The second-order valence-electron chi connectivity index (χ2n) is 4.71. The van der Waals surface area contributed by atoms with Gasteiger partial charge in [0.1, 0.15) is 0 Å². The molecule has 0 spiro atoms. The van der Waals surface area contributed by atoms with Gasteiger partial charge in [0.2, 0.25) is 5.82 Å². The van der Waals surface area contributed by atoms with Crippen LogP contribution in [0.15, 0.2) is 23.3 Å². The van der Waals surface area contributed by atoms with Crippen LogP contribution in [-0.2, 0) is 0 Å². The summed E-state index contributed by atoms with van der Waals surface area (Å²) in [6.45, 7) is 1.44. The number of likely N-dealkylation sites (tertiary alicyclic amines) is 1. The lowest BCUT2D eigenvalue weighted by molar-refractivity contribution is -0.384. The first-order valence-electron chi connectivity index (χ1n) is 6.41. The molecule has 108 valence electrons. The number of piperidine rings is 1. The molecular weight excluding hydrogens is 262 g/mol. The van der Waals surface area contributed by atoms with Crippen molar-refractivity contribution in [3.8, 4) is 0 Å². The standard InChI is InChI=1S/C12H17N5O3/c13-12(16-6-2-3-9(7-16)8-18)15-11-10(17(19)20)4-1-5-14-11/h1,4-5,9,18H,2-3,6-8H2,(H2,13,14,15)/t9-/m1/s1. The van der Waals surface area contributed by atoms with E-state index in [9.17, 15) is 15.2 Å². The number of guanidine groups is 1. The van der Waals surface area contributed by atoms with Crippen LogP contribution in [0.4, 0.5) is 11.5 Å². The minimum atomic E-state index is -0.536. The molecule has 2 heterocycles. The Morgan fingerprint density at radius 2 is 2.50 bits per heavy atom. The Bertz CT molecular complexity index is 520. The summed E-state index contributed by atoms with van der Waals surface area (Å²) in [7, 11) is 0. The van der Waals surface area contributed by atoms with Gasteiger partial charge in [-0.25, -0.2) is 4.98 Å². The molecule has 0 saturated carbocycles. The van der Waals surface area contributed by atoms with E-state index in [2.05, 4.69) is 9.98 Å². The number of nitro groups is 1. The molecule has 0 aliphatic carbocycles. The largest absolute Gasteiger partial charge is 0.396 e. The van der Waals surface area contributed by atoms with Crippen molar-refractivity contribution in [2.45, 2.75) is 12.8 Å². The van der Waals surface area contributed by atoms with Crippen molar-refractivity contribution in [2.75, 3.05) is 19.7 Å². The molecule has 1 aromatic heterocycles. The molecule has 0 amide bonds. The summed E-state index contributed by atoms with van der Waals surface area (Å²) in [6, 6.07) is 2.82. The van der Waals surface area contributed by atoms with Gasteiger partial charge < -0.3 is 15.7 Å². The van der Waals surface area contributed by atoms with Crippen molar-refractivity contribution in [2.24, 2.45) is 16.6 Å². The highest BCUT2D eigenvalue weighted by Gasteiger charge is 2.22. The molecule has 0 bridgehead atoms. The second-order valence-corrected chi connectivity index (χ2v) is 4.71. The molecule has 1 atom stereocenters. The van der Waals surface area contributed by atoms with Crippen LogP contribution < -0.4 is 5.73 Å². The van der Waals surface area contributed by atoms with Crippen LogP contribution in [0, 0.1) is 16.0 Å². The number of pyridine rings is 1. The topological polar surface area (TPSA) is 118 Å². The molecule has 0 radical (unpaired) electrons. The zero-order valence-corrected chi connectivity index (χ0v) is 11.0. The Morgan fingerprint density at radius 3 is 3.20 bits per heavy atom. The Kier molecular flexibility index (Phi) is 4.46. The van der Waals surface area contributed by atoms with Crippen LogP contribution in [0.5, 0.6) is 0 Å². The zero-order chi connectivity index (χ0) is 14.5. The van der Waals surface area contributed by atoms with E-state index in [1.807, 2.05) is 4.90 Å². The SMILES string of the molecule is NC(=Nc1ncccc1[N+](=O)[O-])N1CCC[C@@H](CO)C1. The predicted octanol–water partition coefficient (Wildman–Crippen LogP) is 0.640. The maximum absolute atomic E-state index is 10.9. The molecule has 1 aliphatic heterocycles. The average Bonchev–Trinajstić information content (AvgIpc) is 2.47. The summed E-state index contributed by atoms with van der Waals surface area (Å²) in [5.41, 5.74) is 5.72. The van der Waals surface area contributed by atoms with Crippen LogP contribution in [0.3, 0.4) is 0 Å². The van der Waals surface area contributed by atoms with Gasteiger partial charge >= 0.3 is 5.69 Å². The summed E-state index contributed by atoms with van der Waals surface area (Å²) < 4.78 is 0. The number of nitrogens with zero attached hydrogens (tertiary/aromatic N) is 4. The van der Waals surface area contributed by atoms with Gasteiger partial charge in [-0.15, -0.1) is 0 Å². The maximum Gasteiger partial charge on any atom is 0.313 e. The number of hydrogen-bond acceptors (Lipinski definition) is 5. The number of hydrogen-bond donors (Lipinski definition) is 2. The minimum Gasteiger partial charge on any atom is -0.396 e. The molecule has 0 unspecified atom stereocenters. The third-order valence-corrected chi connectivity index (χ3v) is 3.28. The third kappa shape index (κ3) is 3.21. The predicted molar refractivity (Wildman–Crippen MR) is 73.6 cm³/mol. The van der Waals surface area contributed by atoms with E-state index < -0.39 is 4.92 Å². The van der Waals surface area contributed by atoms with Gasteiger partial charge in [0.15, 0.2) is 5.96 Å². The van der Waals surface area contributed by atoms with Gasteiger partial charge in [-0.1, -0.05) is 0 Å². The Balaban J connectivity index is 2.20. The molecule has 1 saturated heterocycles. The van der Waals surface area contributed by atoms with Crippen LogP contribution in [0.1, 0.15) is 12.8 Å². The van der Waals surface area contributed by atoms with Crippen molar-refractivity contribution in [1.82, 2.24) is 9.88 Å². The Hall–Kier alpha value is -2.22. The summed E-state index contributed by atoms with van der Waals surface area (Å²) in [6.07, 6.45) is 3.29. The van der Waals surface area contributed by atoms with Gasteiger partial charge in [0.25, 0.3) is 0 Å². The highest BCUT2D eigenvalue weighted by molar-refractivity contribution is 5.81. The van der Waals surface area contributed by atoms with Gasteiger partial charge in [0, 0.05) is 32.0 Å². The molecule has 1 aromatic rings. The quantitative estimate of drug-likeness (QED) is 0.363. The molecule has 1 fully saturated rings. The Morgan fingerprint density at radius 1 is 1.70 bits per heavy atom. The van der Waals surface area contributed by atoms with Crippen LogP contribution in [-0.4, -0.2) is 45.6 Å². The van der Waals surface area contributed by atoms with Gasteiger partial charge in [-0.3, -0.25) is 10.1 Å². The molecule has 8 heteroatoms. The molecule has 1 aliphatic rings. The van der Waals surface area contributed by atoms with Gasteiger partial charge in [0.05, 0.1) is 4.92 Å². The first kappa shape index (κ1) is 14.2. The van der Waals surface area contributed by atoms with Crippen molar-refractivity contribution >= 4 is 17.5 Å². The van der Waals surface area contributed by atoms with Crippen molar-refractivity contribution in [1.29, 1.82) is 0 Å². The van der Waals surface area contributed by atoms with Crippen LogP contribution in [0.25, 0.3) is 0 Å². The van der Waals surface area contributed by atoms with E-state index in [-0.39, 0.29) is 30.0 Å². The van der Waals surface area contributed by atoms with Gasteiger partial charge in [-0.2, -0.15) is 4.99 Å². The molecular formula is C12H17N5O3. The lowest BCUT2D eigenvalue weighted by atomic mass is 9.99. The van der Waals surface area contributed by atoms with E-state index in [0.29, 0.717) is 6.54 Å². The van der Waals surface area contributed by atoms with E-state index in [1.54, 1.807) is 0 Å². The highest BCUT2D eigenvalue weighted by atomic mass is 16.6. The summed E-state index contributed by atoms with van der Waals surface area (Å²) >= 11 is 0. The van der Waals surface area contributed by atoms with Crippen molar-refractivity contribution in [3.05, 3.63) is 28.4 Å². The first-order chi connectivity index (χ1) is 9.61. The Labute approximate surface area is 116 Å². The molecule has 8 nitrogen and oxygen atoms in total. The number of aliphatic hydroxyl groups excluding tert-OH is 1. The fraction of sp³-hybridized carbons (Fsp3) is 0.500. The van der Waals surface area contributed by atoms with Crippen molar-refractivity contribution < 1.29 is 10.0 Å². The average molecular weight is 279 g/mol. The first-order valence-corrected chi connectivity index (χ1v) is 6.41. The number of aliphatic hydroxyl groups is 1. The highest BCUT2D eigenvalue weighted by Crippen LogP contribution is 2.24. The van der Waals surface area contributed by atoms with Crippen LogP contribution >= 0.6 is 0 Å². The fourth-order valence-corrected chi connectivity index (χ4v) is 2.22. The molecule has 2 rings (SSSR count). The fourth-order valence-electron chi connectivity index (χ4n) is 2.22. The second kappa shape index (κ2) is 6.29. The number of rotatable bonds is 3. The van der Waals surface area contributed by atoms with E-state index in [1.165, 1.54) is 18.3 Å². The van der Waals surface area contributed by atoms with Gasteiger partial charge in [-0.05, 0) is 24.8 Å². The number of aromatic nitrogens is 1. The maximum atomic E-state index is 10.9. The number of aliphatic imine (C=N–C) groups is 1. The van der Waals surface area contributed by atoms with E-state index in [0.717, 1.165) is 19.4 Å². The molecule has 20 heavy (non-hydrogen) atoms. The summed E-state index contributed by atoms with van der Waals surface area (Å²) in [5, 5.41) is 20.1. The zero-order valence-electron chi connectivity index (χ0n) is 11.0. The van der Waals surface area contributed by atoms with E-state index >= 15 is 0 Å². The van der Waals surface area contributed by atoms with Crippen molar-refractivity contribution in [3.63, 3.8) is 0 Å². The minimum absolute atomic E-state index is 0.00104. The molecule has 0 aromatic carbocycles. The van der Waals surface area contributed by atoms with Crippen LogP contribution in [0.2, 0.25) is 0 Å².